The standard InChI is InChI=1S/C18H18N4O3/c1-12-19-16-9-4-3-8-15(16)18(20-12)22(2)13-6-5-7-14(10-13)25-11-17(23)21-24/h3-10,24H,11H2,1-2H3,(H,21,23). The number of benzene rings is 2. The van der Waals surface area contributed by atoms with Crippen LogP contribution in [0.15, 0.2) is 48.5 Å². The summed E-state index contributed by atoms with van der Waals surface area (Å²) in [5, 5.41) is 9.47. The first-order valence-corrected chi connectivity index (χ1v) is 7.71. The van der Waals surface area contributed by atoms with Gasteiger partial charge in [0.1, 0.15) is 17.4 Å². The van der Waals surface area contributed by atoms with E-state index in [9.17, 15) is 4.79 Å². The van der Waals surface area contributed by atoms with Crippen molar-refractivity contribution < 1.29 is 14.7 Å². The van der Waals surface area contributed by atoms with Gasteiger partial charge < -0.3 is 9.64 Å². The zero-order valence-electron chi connectivity index (χ0n) is 13.9. The van der Waals surface area contributed by atoms with Gasteiger partial charge in [-0.15, -0.1) is 0 Å². The zero-order valence-corrected chi connectivity index (χ0v) is 13.9. The fourth-order valence-electron chi connectivity index (χ4n) is 2.51. The first kappa shape index (κ1) is 16.7. The number of aromatic nitrogens is 2. The number of fused-ring (bicyclic) bond motifs is 1. The van der Waals surface area contributed by atoms with Gasteiger partial charge in [0, 0.05) is 24.2 Å². The fourth-order valence-corrected chi connectivity index (χ4v) is 2.51. The van der Waals surface area contributed by atoms with E-state index in [4.69, 9.17) is 9.94 Å². The smallest absolute Gasteiger partial charge is 0.281 e. The molecule has 0 unspecified atom stereocenters. The van der Waals surface area contributed by atoms with E-state index in [1.54, 1.807) is 12.1 Å². The number of ether oxygens (including phenoxy) is 1. The van der Waals surface area contributed by atoms with E-state index >= 15 is 0 Å². The summed E-state index contributed by atoms with van der Waals surface area (Å²) >= 11 is 0. The Morgan fingerprint density at radius 3 is 2.80 bits per heavy atom. The number of carbonyl (C=O) groups excluding carboxylic acids is 1. The van der Waals surface area contributed by atoms with Gasteiger partial charge in [0.15, 0.2) is 6.61 Å². The van der Waals surface area contributed by atoms with Crippen molar-refractivity contribution in [2.75, 3.05) is 18.6 Å². The molecule has 3 aromatic rings. The number of hydroxylamine groups is 1. The molecule has 0 spiro atoms. The molecule has 0 bridgehead atoms. The van der Waals surface area contributed by atoms with Crippen molar-refractivity contribution in [2.45, 2.75) is 6.92 Å². The highest BCUT2D eigenvalue weighted by Gasteiger charge is 2.12. The van der Waals surface area contributed by atoms with Crippen LogP contribution < -0.4 is 15.1 Å². The molecule has 0 aliphatic heterocycles. The highest BCUT2D eigenvalue weighted by Crippen LogP contribution is 2.30. The Labute approximate surface area is 144 Å². The molecule has 0 saturated heterocycles. The number of amides is 1. The van der Waals surface area contributed by atoms with Crippen LogP contribution in [0.3, 0.4) is 0 Å². The minimum absolute atomic E-state index is 0.265. The third-order valence-electron chi connectivity index (χ3n) is 3.71. The highest BCUT2D eigenvalue weighted by atomic mass is 16.5. The molecule has 7 nitrogen and oxygen atoms in total. The predicted molar refractivity (Wildman–Crippen MR) is 94.2 cm³/mol. The number of nitrogens with zero attached hydrogens (tertiary/aromatic N) is 3. The Morgan fingerprint density at radius 1 is 1.20 bits per heavy atom. The van der Waals surface area contributed by atoms with Crippen molar-refractivity contribution in [3.05, 3.63) is 54.4 Å². The Bertz CT molecular complexity index is 914. The van der Waals surface area contributed by atoms with Crippen LogP contribution in [-0.2, 0) is 4.79 Å². The predicted octanol–water partition coefficient (Wildman–Crippen LogP) is 2.59. The second kappa shape index (κ2) is 7.14. The molecule has 1 heterocycles. The Kier molecular flexibility index (Phi) is 4.76. The van der Waals surface area contributed by atoms with Gasteiger partial charge in [0.2, 0.25) is 0 Å². The van der Waals surface area contributed by atoms with E-state index in [1.807, 2.05) is 55.3 Å². The molecule has 0 saturated carbocycles. The van der Waals surface area contributed by atoms with Gasteiger partial charge in [-0.3, -0.25) is 10.0 Å². The van der Waals surface area contributed by atoms with Crippen LogP contribution in [0.1, 0.15) is 5.82 Å². The molecule has 3 rings (SSSR count). The molecule has 7 heteroatoms. The van der Waals surface area contributed by atoms with Crippen molar-refractivity contribution in [3.8, 4) is 5.75 Å². The molecular weight excluding hydrogens is 320 g/mol. The van der Waals surface area contributed by atoms with E-state index in [-0.39, 0.29) is 6.61 Å². The number of carbonyl (C=O) groups is 1. The monoisotopic (exact) mass is 338 g/mol. The van der Waals surface area contributed by atoms with Crippen LogP contribution in [0.5, 0.6) is 5.75 Å². The lowest BCUT2D eigenvalue weighted by Gasteiger charge is -2.21. The van der Waals surface area contributed by atoms with Crippen molar-refractivity contribution in [3.63, 3.8) is 0 Å². The number of anilines is 2. The van der Waals surface area contributed by atoms with Crippen LogP contribution in [0.2, 0.25) is 0 Å². The van der Waals surface area contributed by atoms with Crippen LogP contribution in [0.4, 0.5) is 11.5 Å². The molecule has 0 radical (unpaired) electrons. The molecule has 1 aromatic heterocycles. The molecule has 0 aliphatic rings. The Hall–Kier alpha value is -3.19. The van der Waals surface area contributed by atoms with Gasteiger partial charge in [0.05, 0.1) is 5.52 Å². The summed E-state index contributed by atoms with van der Waals surface area (Å²) in [6.45, 7) is 1.59. The minimum Gasteiger partial charge on any atom is -0.484 e. The van der Waals surface area contributed by atoms with E-state index in [0.29, 0.717) is 11.6 Å². The number of aryl methyl sites for hydroxylation is 1. The van der Waals surface area contributed by atoms with Crippen LogP contribution >= 0.6 is 0 Å². The van der Waals surface area contributed by atoms with Gasteiger partial charge in [0.25, 0.3) is 5.91 Å². The number of rotatable bonds is 5. The van der Waals surface area contributed by atoms with Crippen LogP contribution in [0.25, 0.3) is 10.9 Å². The lowest BCUT2D eigenvalue weighted by atomic mass is 10.2. The van der Waals surface area contributed by atoms with E-state index < -0.39 is 5.91 Å². The maximum absolute atomic E-state index is 11.1. The maximum Gasteiger partial charge on any atom is 0.281 e. The highest BCUT2D eigenvalue weighted by molar-refractivity contribution is 5.91. The lowest BCUT2D eigenvalue weighted by molar-refractivity contribution is -0.131. The average molecular weight is 338 g/mol. The van der Waals surface area contributed by atoms with Crippen molar-refractivity contribution in [1.82, 2.24) is 15.4 Å². The zero-order chi connectivity index (χ0) is 17.8. The number of para-hydroxylation sites is 1. The number of hydrogen-bond acceptors (Lipinski definition) is 6. The van der Waals surface area contributed by atoms with E-state index in [2.05, 4.69) is 9.97 Å². The fraction of sp³-hybridized carbons (Fsp3) is 0.167. The molecular formula is C18H18N4O3. The van der Waals surface area contributed by atoms with Gasteiger partial charge in [-0.05, 0) is 31.2 Å². The van der Waals surface area contributed by atoms with Crippen molar-refractivity contribution in [2.24, 2.45) is 0 Å². The van der Waals surface area contributed by atoms with Gasteiger partial charge >= 0.3 is 0 Å². The number of nitrogens with one attached hydrogen (secondary N) is 1. The van der Waals surface area contributed by atoms with Gasteiger partial charge in [-0.25, -0.2) is 15.4 Å². The largest absolute Gasteiger partial charge is 0.484 e. The normalized spacial score (nSPS) is 10.5. The van der Waals surface area contributed by atoms with Crippen molar-refractivity contribution >= 4 is 28.3 Å². The topological polar surface area (TPSA) is 87.6 Å². The lowest BCUT2D eigenvalue weighted by Crippen LogP contribution is -2.25. The molecule has 2 N–H and O–H groups in total. The quantitative estimate of drug-likeness (QED) is 0.549. The summed E-state index contributed by atoms with van der Waals surface area (Å²) in [7, 11) is 1.91. The van der Waals surface area contributed by atoms with Crippen molar-refractivity contribution in [1.29, 1.82) is 0 Å². The molecule has 25 heavy (non-hydrogen) atoms. The summed E-state index contributed by atoms with van der Waals surface area (Å²) in [6.07, 6.45) is 0. The third-order valence-corrected chi connectivity index (χ3v) is 3.71. The number of hydrogen-bond donors (Lipinski definition) is 2. The Balaban J connectivity index is 1.93. The summed E-state index contributed by atoms with van der Waals surface area (Å²) in [6, 6.07) is 15.1. The molecule has 128 valence electrons. The Morgan fingerprint density at radius 2 is 2.00 bits per heavy atom. The van der Waals surface area contributed by atoms with Crippen LogP contribution in [-0.4, -0.2) is 34.7 Å². The summed E-state index contributed by atoms with van der Waals surface area (Å²) < 4.78 is 5.37. The summed E-state index contributed by atoms with van der Waals surface area (Å²) in [4.78, 5) is 22.1. The second-order valence-corrected chi connectivity index (χ2v) is 5.49. The first-order chi connectivity index (χ1) is 12.1. The SMILES string of the molecule is Cc1nc(N(C)c2cccc(OCC(=O)NO)c2)c2ccccc2n1. The van der Waals surface area contributed by atoms with Gasteiger partial charge in [-0.2, -0.15) is 0 Å². The average Bonchev–Trinajstić information content (AvgIpc) is 2.65. The summed E-state index contributed by atoms with van der Waals surface area (Å²) in [5.41, 5.74) is 3.26. The minimum atomic E-state index is -0.615. The second-order valence-electron chi connectivity index (χ2n) is 5.49. The molecule has 2 aromatic carbocycles. The molecule has 0 atom stereocenters. The summed E-state index contributed by atoms with van der Waals surface area (Å²) in [5.74, 6) is 1.38. The van der Waals surface area contributed by atoms with Gasteiger partial charge in [-0.1, -0.05) is 18.2 Å². The van der Waals surface area contributed by atoms with Crippen LogP contribution in [0, 0.1) is 6.92 Å². The first-order valence-electron chi connectivity index (χ1n) is 7.71. The maximum atomic E-state index is 11.1. The van der Waals surface area contributed by atoms with E-state index in [0.717, 1.165) is 22.4 Å². The molecule has 0 aliphatic carbocycles. The third kappa shape index (κ3) is 3.67. The molecule has 1 amide bonds. The molecule has 0 fully saturated rings. The van der Waals surface area contributed by atoms with E-state index in [1.165, 1.54) is 5.48 Å².